The lowest BCUT2D eigenvalue weighted by molar-refractivity contribution is -0.385. The molecule has 1 aromatic rings. The maximum Gasteiger partial charge on any atom is 0.335 e. The van der Waals surface area contributed by atoms with Gasteiger partial charge in [-0.1, -0.05) is 0 Å². The summed E-state index contributed by atoms with van der Waals surface area (Å²) >= 11 is 0. The number of aryl methyl sites for hydroxylation is 1. The molecule has 0 fully saturated rings. The molecule has 3 N–H and O–H groups in total. The fourth-order valence-corrected chi connectivity index (χ4v) is 1.22. The van der Waals surface area contributed by atoms with Crippen LogP contribution in [0.5, 0.6) is 0 Å². The first kappa shape index (κ1) is 13.0. The molecule has 0 bridgehead atoms. The maximum atomic E-state index is 10.5. The van der Waals surface area contributed by atoms with Crippen LogP contribution in [0, 0.1) is 17.0 Å². The molecule has 2 atom stereocenters. The van der Waals surface area contributed by atoms with E-state index in [9.17, 15) is 20.0 Å². The van der Waals surface area contributed by atoms with Gasteiger partial charge in [0.25, 0.3) is 5.69 Å². The summed E-state index contributed by atoms with van der Waals surface area (Å²) in [4.78, 5) is 23.8. The lowest BCUT2D eigenvalue weighted by Gasteiger charge is -2.13. The average molecular weight is 242 g/mol. The molecule has 0 aliphatic carbocycles. The van der Waals surface area contributed by atoms with Crippen molar-refractivity contribution in [3.63, 3.8) is 0 Å². The Labute approximate surface area is 95.3 Å². The molecule has 0 saturated heterocycles. The first-order chi connectivity index (χ1) is 7.84. The van der Waals surface area contributed by atoms with Gasteiger partial charge in [0.15, 0.2) is 6.10 Å². The molecule has 17 heavy (non-hydrogen) atoms. The highest BCUT2D eigenvalue weighted by Gasteiger charge is 2.27. The van der Waals surface area contributed by atoms with E-state index < -0.39 is 23.1 Å². The van der Waals surface area contributed by atoms with Crippen molar-refractivity contribution in [1.82, 2.24) is 4.98 Å². The first-order valence-electron chi connectivity index (χ1n) is 4.54. The first-order valence-corrected chi connectivity index (χ1v) is 4.54. The summed E-state index contributed by atoms with van der Waals surface area (Å²) in [6.07, 6.45) is -2.85. The quantitative estimate of drug-likeness (QED) is 0.490. The van der Waals surface area contributed by atoms with Gasteiger partial charge in [-0.3, -0.25) is 15.1 Å². The predicted molar refractivity (Wildman–Crippen MR) is 54.2 cm³/mol. The third-order valence-corrected chi connectivity index (χ3v) is 2.16. The molecule has 0 saturated carbocycles. The number of hydrogen-bond donors (Lipinski definition) is 3. The molecular formula is C9H10N2O6. The fraction of sp³-hybridized carbons (Fsp3) is 0.333. The number of aliphatic hydroxyl groups excluding tert-OH is 2. The van der Waals surface area contributed by atoms with Crippen molar-refractivity contribution in [3.8, 4) is 0 Å². The summed E-state index contributed by atoms with van der Waals surface area (Å²) in [5.41, 5.74) is -0.162. The van der Waals surface area contributed by atoms with E-state index >= 15 is 0 Å². The molecular weight excluding hydrogens is 232 g/mol. The van der Waals surface area contributed by atoms with Crippen LogP contribution in [0.1, 0.15) is 17.4 Å². The van der Waals surface area contributed by atoms with Crippen LogP contribution in [0.15, 0.2) is 12.3 Å². The van der Waals surface area contributed by atoms with Gasteiger partial charge in [0, 0.05) is 5.56 Å². The second-order valence-electron chi connectivity index (χ2n) is 3.38. The van der Waals surface area contributed by atoms with Gasteiger partial charge in [0.1, 0.15) is 12.3 Å². The van der Waals surface area contributed by atoms with Crippen LogP contribution in [0.2, 0.25) is 0 Å². The predicted octanol–water partition coefficient (Wildman–Crippen LogP) is -0.223. The summed E-state index contributed by atoms with van der Waals surface area (Å²) in [5, 5.41) is 37.5. The Hall–Kier alpha value is -2.06. The van der Waals surface area contributed by atoms with Crippen LogP contribution in [0.4, 0.5) is 5.69 Å². The molecule has 1 rings (SSSR count). The Morgan fingerprint density at radius 1 is 1.53 bits per heavy atom. The van der Waals surface area contributed by atoms with Crippen molar-refractivity contribution in [2.24, 2.45) is 0 Å². The number of carboxylic acid groups (broad SMARTS) is 1. The van der Waals surface area contributed by atoms with Gasteiger partial charge in [-0.05, 0) is 13.0 Å². The number of carboxylic acids is 1. The molecule has 8 nitrogen and oxygen atoms in total. The number of nitro groups is 1. The minimum atomic E-state index is -2.02. The summed E-state index contributed by atoms with van der Waals surface area (Å²) < 4.78 is 0. The zero-order chi connectivity index (χ0) is 13.2. The van der Waals surface area contributed by atoms with Crippen LogP contribution < -0.4 is 0 Å². The number of aliphatic carboxylic acids is 1. The number of aliphatic hydroxyl groups is 2. The van der Waals surface area contributed by atoms with E-state index in [0.29, 0.717) is 0 Å². The zero-order valence-electron chi connectivity index (χ0n) is 8.77. The van der Waals surface area contributed by atoms with Crippen molar-refractivity contribution >= 4 is 11.7 Å². The van der Waals surface area contributed by atoms with Crippen molar-refractivity contribution in [1.29, 1.82) is 0 Å². The Morgan fingerprint density at radius 2 is 2.12 bits per heavy atom. The minimum Gasteiger partial charge on any atom is -0.479 e. The molecule has 92 valence electrons. The van der Waals surface area contributed by atoms with Gasteiger partial charge >= 0.3 is 5.97 Å². The van der Waals surface area contributed by atoms with Gasteiger partial charge in [0.2, 0.25) is 0 Å². The lowest BCUT2D eigenvalue weighted by atomic mass is 10.1. The fourth-order valence-electron chi connectivity index (χ4n) is 1.22. The standard InChI is InChI=1S/C9H10N2O6/c1-4-2-5(7(12)8(13)9(14)15)10-3-6(4)11(16)17/h2-3,7-8,12-13H,1H3,(H,14,15). The molecule has 1 aromatic heterocycles. The summed E-state index contributed by atoms with van der Waals surface area (Å²) in [5.74, 6) is -1.60. The normalized spacial score (nSPS) is 14.1. The van der Waals surface area contributed by atoms with Crippen molar-refractivity contribution in [2.75, 3.05) is 0 Å². The molecule has 2 unspecified atom stereocenters. The Kier molecular flexibility index (Phi) is 3.71. The maximum absolute atomic E-state index is 10.5. The number of hydrogen-bond acceptors (Lipinski definition) is 6. The molecule has 0 aromatic carbocycles. The van der Waals surface area contributed by atoms with Crippen LogP contribution >= 0.6 is 0 Å². The van der Waals surface area contributed by atoms with Gasteiger partial charge in [-0.2, -0.15) is 0 Å². The molecule has 0 spiro atoms. The van der Waals surface area contributed by atoms with Crippen molar-refractivity contribution < 1.29 is 25.0 Å². The largest absolute Gasteiger partial charge is 0.479 e. The van der Waals surface area contributed by atoms with E-state index in [4.69, 9.17) is 10.2 Å². The number of aromatic nitrogens is 1. The van der Waals surface area contributed by atoms with E-state index in [1.165, 1.54) is 6.92 Å². The topological polar surface area (TPSA) is 134 Å². The highest BCUT2D eigenvalue weighted by atomic mass is 16.6. The van der Waals surface area contributed by atoms with Gasteiger partial charge in [-0.15, -0.1) is 0 Å². The van der Waals surface area contributed by atoms with Gasteiger partial charge in [0.05, 0.1) is 10.6 Å². The Bertz CT molecular complexity index is 461. The van der Waals surface area contributed by atoms with Crippen LogP contribution in [-0.4, -0.2) is 37.3 Å². The summed E-state index contributed by atoms with van der Waals surface area (Å²) in [6, 6.07) is 1.16. The third-order valence-electron chi connectivity index (χ3n) is 2.16. The average Bonchev–Trinajstić information content (AvgIpc) is 2.26. The van der Waals surface area contributed by atoms with E-state index in [1.54, 1.807) is 0 Å². The number of nitrogens with zero attached hydrogens (tertiary/aromatic N) is 2. The van der Waals surface area contributed by atoms with E-state index in [2.05, 4.69) is 4.98 Å². The van der Waals surface area contributed by atoms with Crippen LogP contribution in [0.25, 0.3) is 0 Å². The van der Waals surface area contributed by atoms with Crippen LogP contribution in [-0.2, 0) is 4.79 Å². The SMILES string of the molecule is Cc1cc(C(O)C(O)C(=O)O)ncc1[N+](=O)[O-]. The second kappa shape index (κ2) is 4.85. The molecule has 8 heteroatoms. The molecule has 0 aliphatic heterocycles. The zero-order valence-corrected chi connectivity index (χ0v) is 8.77. The number of rotatable bonds is 4. The third kappa shape index (κ3) is 2.74. The van der Waals surface area contributed by atoms with Crippen LogP contribution in [0.3, 0.4) is 0 Å². The smallest absolute Gasteiger partial charge is 0.335 e. The summed E-state index contributed by atoms with van der Waals surface area (Å²) in [6.45, 7) is 1.42. The second-order valence-corrected chi connectivity index (χ2v) is 3.38. The van der Waals surface area contributed by atoms with E-state index in [-0.39, 0.29) is 16.9 Å². The highest BCUT2D eigenvalue weighted by molar-refractivity contribution is 5.72. The lowest BCUT2D eigenvalue weighted by Crippen LogP contribution is -2.28. The highest BCUT2D eigenvalue weighted by Crippen LogP contribution is 2.21. The van der Waals surface area contributed by atoms with Crippen molar-refractivity contribution in [3.05, 3.63) is 33.6 Å². The van der Waals surface area contributed by atoms with E-state index in [0.717, 1.165) is 12.3 Å². The Morgan fingerprint density at radius 3 is 2.53 bits per heavy atom. The Balaban J connectivity index is 3.05. The monoisotopic (exact) mass is 242 g/mol. The van der Waals surface area contributed by atoms with Gasteiger partial charge in [-0.25, -0.2) is 4.79 Å². The van der Waals surface area contributed by atoms with Crippen molar-refractivity contribution in [2.45, 2.75) is 19.1 Å². The van der Waals surface area contributed by atoms with E-state index in [1.807, 2.05) is 0 Å². The molecule has 0 radical (unpaired) electrons. The summed E-state index contributed by atoms with van der Waals surface area (Å²) in [7, 11) is 0. The minimum absolute atomic E-state index is 0.136. The molecule has 1 heterocycles. The molecule has 0 aliphatic rings. The number of pyridine rings is 1. The number of carbonyl (C=O) groups is 1. The van der Waals surface area contributed by atoms with Gasteiger partial charge < -0.3 is 15.3 Å². The molecule has 0 amide bonds.